The number of aryl methyl sites for hydroxylation is 1. The Morgan fingerprint density at radius 3 is 2.65 bits per heavy atom. The van der Waals surface area contributed by atoms with Crippen LogP contribution in [-0.2, 0) is 11.2 Å². The van der Waals surface area contributed by atoms with Gasteiger partial charge in [0.1, 0.15) is 0 Å². The molecule has 0 spiro atoms. The molecule has 0 aliphatic carbocycles. The first-order chi connectivity index (χ1) is 12.1. The number of para-hydroxylation sites is 1. The minimum Gasteiger partial charge on any atom is -0.338 e. The van der Waals surface area contributed by atoms with Gasteiger partial charge in [-0.2, -0.15) is 5.10 Å². The fraction of sp³-hybridized carbons (Fsp3) is 0.500. The van der Waals surface area contributed by atoms with Crippen LogP contribution in [0.15, 0.2) is 30.3 Å². The Balaban J connectivity index is 0.00000243. The number of halogens is 1. The van der Waals surface area contributed by atoms with Crippen LogP contribution in [0.5, 0.6) is 0 Å². The fourth-order valence-electron chi connectivity index (χ4n) is 3.66. The standard InChI is InChI=1S/C20H28N4O.ClH/c1-4-12-23(18-10-11-21-14-18)20(25)13-19-15(2)22-24(16(19)3)17-8-6-5-7-9-17;/h5-9,18,21H,4,10-14H2,1-3H3;1H. The van der Waals surface area contributed by atoms with E-state index in [1.807, 2.05) is 41.9 Å². The van der Waals surface area contributed by atoms with E-state index in [1.165, 1.54) is 0 Å². The van der Waals surface area contributed by atoms with E-state index in [9.17, 15) is 4.79 Å². The number of nitrogens with one attached hydrogen (secondary N) is 1. The number of carbonyl (C=O) groups excluding carboxylic acids is 1. The highest BCUT2D eigenvalue weighted by Crippen LogP contribution is 2.20. The normalized spacial score (nSPS) is 16.3. The summed E-state index contributed by atoms with van der Waals surface area (Å²) < 4.78 is 1.94. The van der Waals surface area contributed by atoms with Crippen LogP contribution in [0, 0.1) is 13.8 Å². The topological polar surface area (TPSA) is 50.2 Å². The molecule has 3 rings (SSSR count). The summed E-state index contributed by atoms with van der Waals surface area (Å²) in [6.45, 7) is 8.92. The fourth-order valence-corrected chi connectivity index (χ4v) is 3.66. The molecule has 1 N–H and O–H groups in total. The van der Waals surface area contributed by atoms with E-state index in [0.717, 1.165) is 55.1 Å². The van der Waals surface area contributed by atoms with Crippen molar-refractivity contribution in [1.82, 2.24) is 20.0 Å². The third-order valence-corrected chi connectivity index (χ3v) is 5.03. The van der Waals surface area contributed by atoms with Crippen LogP contribution >= 0.6 is 12.4 Å². The van der Waals surface area contributed by atoms with E-state index in [0.29, 0.717) is 12.5 Å². The van der Waals surface area contributed by atoms with Gasteiger partial charge in [-0.25, -0.2) is 4.68 Å². The molecule has 1 aliphatic heterocycles. The van der Waals surface area contributed by atoms with Gasteiger partial charge in [0, 0.05) is 30.4 Å². The molecule has 2 heterocycles. The third kappa shape index (κ3) is 4.27. The molecule has 1 aliphatic rings. The quantitative estimate of drug-likeness (QED) is 0.842. The van der Waals surface area contributed by atoms with Crippen molar-refractivity contribution in [3.63, 3.8) is 0 Å². The van der Waals surface area contributed by atoms with Crippen LogP contribution in [0.1, 0.15) is 36.7 Å². The average Bonchev–Trinajstić information content (AvgIpc) is 3.24. The van der Waals surface area contributed by atoms with Crippen LogP contribution in [0.25, 0.3) is 5.69 Å². The van der Waals surface area contributed by atoms with E-state index in [2.05, 4.69) is 29.2 Å². The number of nitrogens with zero attached hydrogens (tertiary/aromatic N) is 3. The summed E-state index contributed by atoms with van der Waals surface area (Å²) in [6.07, 6.45) is 2.47. The second-order valence-electron chi connectivity index (χ2n) is 6.81. The van der Waals surface area contributed by atoms with Crippen molar-refractivity contribution in [2.24, 2.45) is 0 Å². The van der Waals surface area contributed by atoms with Gasteiger partial charge in [-0.3, -0.25) is 4.79 Å². The largest absolute Gasteiger partial charge is 0.338 e. The zero-order valence-corrected chi connectivity index (χ0v) is 16.7. The van der Waals surface area contributed by atoms with Crippen LogP contribution in [-0.4, -0.2) is 46.3 Å². The summed E-state index contributed by atoms with van der Waals surface area (Å²) in [4.78, 5) is 15.1. The van der Waals surface area contributed by atoms with E-state index in [-0.39, 0.29) is 18.3 Å². The van der Waals surface area contributed by atoms with Gasteiger partial charge in [-0.05, 0) is 45.4 Å². The van der Waals surface area contributed by atoms with E-state index >= 15 is 0 Å². The van der Waals surface area contributed by atoms with Gasteiger partial charge >= 0.3 is 0 Å². The summed E-state index contributed by atoms with van der Waals surface area (Å²) in [5.41, 5.74) is 4.09. The molecule has 26 heavy (non-hydrogen) atoms. The van der Waals surface area contributed by atoms with Gasteiger partial charge < -0.3 is 10.2 Å². The average molecular weight is 377 g/mol. The summed E-state index contributed by atoms with van der Waals surface area (Å²) in [5, 5.41) is 8.04. The van der Waals surface area contributed by atoms with Crippen molar-refractivity contribution in [2.45, 2.75) is 46.1 Å². The number of hydrogen-bond acceptors (Lipinski definition) is 3. The SMILES string of the molecule is CCCN(C(=O)Cc1c(C)nn(-c2ccccc2)c1C)C1CCNC1.Cl. The Morgan fingerprint density at radius 2 is 2.04 bits per heavy atom. The zero-order valence-electron chi connectivity index (χ0n) is 15.9. The molecular formula is C20H29ClN4O. The molecule has 0 bridgehead atoms. The van der Waals surface area contributed by atoms with E-state index in [4.69, 9.17) is 0 Å². The summed E-state index contributed by atoms with van der Waals surface area (Å²) in [5.74, 6) is 0.217. The Kier molecular flexibility index (Phi) is 7.23. The van der Waals surface area contributed by atoms with Gasteiger partial charge in [-0.15, -0.1) is 12.4 Å². The Bertz CT molecular complexity index is 723. The monoisotopic (exact) mass is 376 g/mol. The molecule has 0 saturated carbocycles. The Labute approximate surface area is 162 Å². The lowest BCUT2D eigenvalue weighted by Gasteiger charge is -2.28. The van der Waals surface area contributed by atoms with Crippen LogP contribution in [0.4, 0.5) is 0 Å². The van der Waals surface area contributed by atoms with Crippen LogP contribution in [0.2, 0.25) is 0 Å². The first kappa shape index (κ1) is 20.5. The van der Waals surface area contributed by atoms with Gasteiger partial charge in [-0.1, -0.05) is 25.1 Å². The summed E-state index contributed by atoms with van der Waals surface area (Å²) in [6, 6.07) is 10.4. The highest BCUT2D eigenvalue weighted by atomic mass is 35.5. The number of carbonyl (C=O) groups is 1. The van der Waals surface area contributed by atoms with Crippen molar-refractivity contribution < 1.29 is 4.79 Å². The van der Waals surface area contributed by atoms with E-state index < -0.39 is 0 Å². The maximum atomic E-state index is 13.0. The lowest BCUT2D eigenvalue weighted by Crippen LogP contribution is -2.43. The highest BCUT2D eigenvalue weighted by molar-refractivity contribution is 5.85. The molecule has 1 unspecified atom stereocenters. The summed E-state index contributed by atoms with van der Waals surface area (Å²) >= 11 is 0. The van der Waals surface area contributed by atoms with Gasteiger partial charge in [0.25, 0.3) is 0 Å². The molecule has 0 radical (unpaired) electrons. The smallest absolute Gasteiger partial charge is 0.227 e. The number of amides is 1. The number of aromatic nitrogens is 2. The molecule has 6 heteroatoms. The minimum atomic E-state index is 0. The second-order valence-corrected chi connectivity index (χ2v) is 6.81. The molecule has 1 saturated heterocycles. The molecule has 1 aromatic heterocycles. The molecule has 5 nitrogen and oxygen atoms in total. The minimum absolute atomic E-state index is 0. The molecule has 142 valence electrons. The molecule has 1 aromatic carbocycles. The molecule has 1 amide bonds. The lowest BCUT2D eigenvalue weighted by atomic mass is 10.1. The Hall–Kier alpha value is -1.85. The van der Waals surface area contributed by atoms with Crippen molar-refractivity contribution in [3.05, 3.63) is 47.3 Å². The van der Waals surface area contributed by atoms with Crippen LogP contribution < -0.4 is 5.32 Å². The number of hydrogen-bond donors (Lipinski definition) is 1. The van der Waals surface area contributed by atoms with Gasteiger partial charge in [0.15, 0.2) is 0 Å². The number of rotatable bonds is 6. The molecule has 1 fully saturated rings. The number of benzene rings is 1. The van der Waals surface area contributed by atoms with Crippen molar-refractivity contribution in [1.29, 1.82) is 0 Å². The molecule has 1 atom stereocenters. The molecule has 2 aromatic rings. The van der Waals surface area contributed by atoms with Crippen molar-refractivity contribution >= 4 is 18.3 Å². The summed E-state index contributed by atoms with van der Waals surface area (Å²) in [7, 11) is 0. The first-order valence-corrected chi connectivity index (χ1v) is 9.22. The maximum absolute atomic E-state index is 13.0. The van der Waals surface area contributed by atoms with Gasteiger partial charge in [0.05, 0.1) is 17.8 Å². The lowest BCUT2D eigenvalue weighted by molar-refractivity contribution is -0.132. The van der Waals surface area contributed by atoms with Crippen molar-refractivity contribution in [3.8, 4) is 5.69 Å². The van der Waals surface area contributed by atoms with Gasteiger partial charge in [0.2, 0.25) is 5.91 Å². The third-order valence-electron chi connectivity index (χ3n) is 5.03. The maximum Gasteiger partial charge on any atom is 0.227 e. The van der Waals surface area contributed by atoms with Crippen LogP contribution in [0.3, 0.4) is 0 Å². The molecular weight excluding hydrogens is 348 g/mol. The van der Waals surface area contributed by atoms with Crippen molar-refractivity contribution in [2.75, 3.05) is 19.6 Å². The zero-order chi connectivity index (χ0) is 17.8. The highest BCUT2D eigenvalue weighted by Gasteiger charge is 2.27. The first-order valence-electron chi connectivity index (χ1n) is 9.22. The second kappa shape index (κ2) is 9.19. The Morgan fingerprint density at radius 1 is 1.31 bits per heavy atom. The predicted molar refractivity (Wildman–Crippen MR) is 107 cm³/mol. The predicted octanol–water partition coefficient (Wildman–Crippen LogP) is 3.05. The van der Waals surface area contributed by atoms with E-state index in [1.54, 1.807) is 0 Å².